The van der Waals surface area contributed by atoms with Gasteiger partial charge in [-0.05, 0) is 18.1 Å². The number of likely N-dealkylation sites (tertiary alicyclic amines) is 1. The number of carboxylic acid groups (broad SMARTS) is 1. The van der Waals surface area contributed by atoms with E-state index in [0.717, 1.165) is 12.0 Å². The van der Waals surface area contributed by atoms with E-state index in [1.165, 1.54) is 4.90 Å². The summed E-state index contributed by atoms with van der Waals surface area (Å²) < 4.78 is 0. The van der Waals surface area contributed by atoms with Crippen LogP contribution in [0.1, 0.15) is 6.42 Å². The first-order valence-electron chi connectivity index (χ1n) is 3.36. The first-order chi connectivity index (χ1) is 5.24. The average molecular weight is 151 g/mol. The molecule has 3 heteroatoms. The van der Waals surface area contributed by atoms with Crippen LogP contribution in [0, 0.1) is 12.3 Å². The standard InChI is InChI=1S/C8H9NO2/c1-2-3-7-4-5-9(6-7)8(10)11/h1,3H,4-6H2,(H,10,11). The summed E-state index contributed by atoms with van der Waals surface area (Å²) in [7, 11) is 0. The van der Waals surface area contributed by atoms with E-state index in [1.54, 1.807) is 6.08 Å². The van der Waals surface area contributed by atoms with Crippen molar-refractivity contribution in [2.75, 3.05) is 13.1 Å². The molecule has 1 amide bonds. The van der Waals surface area contributed by atoms with E-state index < -0.39 is 6.09 Å². The van der Waals surface area contributed by atoms with Gasteiger partial charge in [0.15, 0.2) is 0 Å². The first kappa shape index (κ1) is 7.67. The lowest BCUT2D eigenvalue weighted by Crippen LogP contribution is -2.25. The van der Waals surface area contributed by atoms with Gasteiger partial charge in [-0.1, -0.05) is 5.92 Å². The van der Waals surface area contributed by atoms with Crippen LogP contribution in [-0.2, 0) is 0 Å². The van der Waals surface area contributed by atoms with Crippen LogP contribution in [0.5, 0.6) is 0 Å². The van der Waals surface area contributed by atoms with Gasteiger partial charge < -0.3 is 10.0 Å². The van der Waals surface area contributed by atoms with Gasteiger partial charge in [-0.3, -0.25) is 0 Å². The molecule has 0 aromatic heterocycles. The maximum atomic E-state index is 10.4. The van der Waals surface area contributed by atoms with Crippen LogP contribution in [0.3, 0.4) is 0 Å². The predicted molar refractivity (Wildman–Crippen MR) is 41.1 cm³/mol. The number of terminal acetylenes is 1. The molecule has 1 aliphatic rings. The number of hydrogen-bond donors (Lipinski definition) is 1. The van der Waals surface area contributed by atoms with E-state index in [1.807, 2.05) is 0 Å². The van der Waals surface area contributed by atoms with Gasteiger partial charge in [0, 0.05) is 13.1 Å². The van der Waals surface area contributed by atoms with Crippen molar-refractivity contribution in [1.29, 1.82) is 0 Å². The van der Waals surface area contributed by atoms with Crippen LogP contribution in [0.4, 0.5) is 4.79 Å². The summed E-state index contributed by atoms with van der Waals surface area (Å²) in [4.78, 5) is 11.7. The lowest BCUT2D eigenvalue weighted by atomic mass is 10.2. The highest BCUT2D eigenvalue weighted by molar-refractivity contribution is 5.66. The third-order valence-corrected chi connectivity index (χ3v) is 1.65. The molecule has 1 heterocycles. The minimum atomic E-state index is -0.870. The van der Waals surface area contributed by atoms with Gasteiger partial charge in [0.05, 0.1) is 0 Å². The molecule has 1 aliphatic heterocycles. The maximum Gasteiger partial charge on any atom is 0.407 e. The Balaban J connectivity index is 2.55. The van der Waals surface area contributed by atoms with Crippen molar-refractivity contribution >= 4 is 6.09 Å². The molecule has 0 unspecified atom stereocenters. The minimum absolute atomic E-state index is 0.472. The van der Waals surface area contributed by atoms with Crippen molar-refractivity contribution < 1.29 is 9.90 Å². The van der Waals surface area contributed by atoms with Gasteiger partial charge in [-0.2, -0.15) is 0 Å². The van der Waals surface area contributed by atoms with Crippen molar-refractivity contribution in [1.82, 2.24) is 4.90 Å². The Morgan fingerprint density at radius 1 is 1.82 bits per heavy atom. The number of allylic oxidation sites excluding steroid dienone is 1. The van der Waals surface area contributed by atoms with Crippen LogP contribution in [0.2, 0.25) is 0 Å². The SMILES string of the molecule is C#CC=C1CCN(C(=O)O)C1. The van der Waals surface area contributed by atoms with Crippen LogP contribution in [0.25, 0.3) is 0 Å². The topological polar surface area (TPSA) is 40.5 Å². The van der Waals surface area contributed by atoms with E-state index in [2.05, 4.69) is 5.92 Å². The second-order valence-corrected chi connectivity index (χ2v) is 2.42. The highest BCUT2D eigenvalue weighted by atomic mass is 16.4. The summed E-state index contributed by atoms with van der Waals surface area (Å²) in [6, 6.07) is 0. The summed E-state index contributed by atoms with van der Waals surface area (Å²) in [5.41, 5.74) is 1.02. The molecule has 0 atom stereocenters. The van der Waals surface area contributed by atoms with E-state index in [9.17, 15) is 4.79 Å². The number of amides is 1. The molecule has 1 fully saturated rings. The van der Waals surface area contributed by atoms with Crippen molar-refractivity contribution in [3.63, 3.8) is 0 Å². The Morgan fingerprint density at radius 3 is 3.00 bits per heavy atom. The fraction of sp³-hybridized carbons (Fsp3) is 0.375. The van der Waals surface area contributed by atoms with Gasteiger partial charge in [-0.25, -0.2) is 4.79 Å². The predicted octanol–water partition coefficient (Wildman–Crippen LogP) is 0.930. The second-order valence-electron chi connectivity index (χ2n) is 2.42. The van der Waals surface area contributed by atoms with Crippen molar-refractivity contribution in [2.24, 2.45) is 0 Å². The maximum absolute atomic E-state index is 10.4. The molecule has 1 saturated heterocycles. The molecule has 0 saturated carbocycles. The zero-order chi connectivity index (χ0) is 8.27. The average Bonchev–Trinajstić information content (AvgIpc) is 2.37. The van der Waals surface area contributed by atoms with Crippen LogP contribution in [-0.4, -0.2) is 29.2 Å². The number of nitrogens with zero attached hydrogens (tertiary/aromatic N) is 1. The van der Waals surface area contributed by atoms with Gasteiger partial charge in [-0.15, -0.1) is 6.42 Å². The molecule has 1 N–H and O–H groups in total. The van der Waals surface area contributed by atoms with Crippen molar-refractivity contribution in [3.05, 3.63) is 11.6 Å². The fourth-order valence-electron chi connectivity index (χ4n) is 1.08. The zero-order valence-electron chi connectivity index (χ0n) is 6.08. The Bertz CT molecular complexity index is 237. The van der Waals surface area contributed by atoms with Gasteiger partial charge in [0.25, 0.3) is 0 Å². The molecular formula is C8H9NO2. The van der Waals surface area contributed by atoms with Gasteiger partial charge in [0.2, 0.25) is 0 Å². The van der Waals surface area contributed by atoms with Gasteiger partial charge in [0.1, 0.15) is 0 Å². The summed E-state index contributed by atoms with van der Waals surface area (Å²) in [6.45, 7) is 1.04. The molecule has 3 nitrogen and oxygen atoms in total. The monoisotopic (exact) mass is 151 g/mol. The molecule has 0 aliphatic carbocycles. The summed E-state index contributed by atoms with van der Waals surface area (Å²) in [6.07, 6.45) is 6.58. The molecule has 58 valence electrons. The van der Waals surface area contributed by atoms with E-state index >= 15 is 0 Å². The number of carbonyl (C=O) groups is 1. The third kappa shape index (κ3) is 1.74. The zero-order valence-corrected chi connectivity index (χ0v) is 6.08. The number of rotatable bonds is 0. The largest absolute Gasteiger partial charge is 0.465 e. The molecule has 11 heavy (non-hydrogen) atoms. The Hall–Kier alpha value is -1.43. The molecule has 0 aromatic carbocycles. The molecular weight excluding hydrogens is 142 g/mol. The second kappa shape index (κ2) is 3.11. The first-order valence-corrected chi connectivity index (χ1v) is 3.36. The molecule has 1 rings (SSSR count). The van der Waals surface area contributed by atoms with Crippen molar-refractivity contribution in [3.8, 4) is 12.3 Å². The highest BCUT2D eigenvalue weighted by Gasteiger charge is 2.19. The van der Waals surface area contributed by atoms with Crippen LogP contribution in [0.15, 0.2) is 11.6 Å². The Labute approximate surface area is 65.3 Å². The normalized spacial score (nSPS) is 20.3. The third-order valence-electron chi connectivity index (χ3n) is 1.65. The summed E-state index contributed by atoms with van der Waals surface area (Å²) >= 11 is 0. The van der Waals surface area contributed by atoms with Gasteiger partial charge >= 0.3 is 6.09 Å². The van der Waals surface area contributed by atoms with E-state index in [4.69, 9.17) is 11.5 Å². The van der Waals surface area contributed by atoms with Crippen LogP contribution >= 0.6 is 0 Å². The number of hydrogen-bond acceptors (Lipinski definition) is 1. The lowest BCUT2D eigenvalue weighted by molar-refractivity contribution is 0.156. The lowest BCUT2D eigenvalue weighted by Gasteiger charge is -2.07. The van der Waals surface area contributed by atoms with E-state index in [-0.39, 0.29) is 0 Å². The van der Waals surface area contributed by atoms with Crippen molar-refractivity contribution in [2.45, 2.75) is 6.42 Å². The smallest absolute Gasteiger partial charge is 0.407 e. The molecule has 0 radical (unpaired) electrons. The molecule has 0 bridgehead atoms. The molecule has 0 spiro atoms. The Morgan fingerprint density at radius 2 is 2.55 bits per heavy atom. The highest BCUT2D eigenvalue weighted by Crippen LogP contribution is 2.13. The quantitative estimate of drug-likeness (QED) is 0.523. The Kier molecular flexibility index (Phi) is 2.17. The fourth-order valence-corrected chi connectivity index (χ4v) is 1.08. The van der Waals surface area contributed by atoms with Crippen LogP contribution < -0.4 is 0 Å². The molecule has 0 aromatic rings. The summed E-state index contributed by atoms with van der Waals surface area (Å²) in [5, 5.41) is 8.55. The minimum Gasteiger partial charge on any atom is -0.465 e. The van der Waals surface area contributed by atoms with E-state index in [0.29, 0.717) is 13.1 Å². The summed E-state index contributed by atoms with van der Waals surface area (Å²) in [5.74, 6) is 2.39.